The van der Waals surface area contributed by atoms with E-state index in [0.717, 1.165) is 42.1 Å². The molecule has 1 atom stereocenters. The van der Waals surface area contributed by atoms with Gasteiger partial charge in [0.2, 0.25) is 11.9 Å². The van der Waals surface area contributed by atoms with E-state index in [9.17, 15) is 4.79 Å². The topological polar surface area (TPSA) is 63.1 Å². The fourth-order valence-corrected chi connectivity index (χ4v) is 3.61. The van der Waals surface area contributed by atoms with Gasteiger partial charge in [-0.25, -0.2) is 4.98 Å². The highest BCUT2D eigenvalue weighted by Gasteiger charge is 2.28. The van der Waals surface area contributed by atoms with E-state index >= 15 is 0 Å². The van der Waals surface area contributed by atoms with Crippen LogP contribution in [0, 0.1) is 5.92 Å². The predicted molar refractivity (Wildman–Crippen MR) is 102 cm³/mol. The highest BCUT2D eigenvalue weighted by Crippen LogP contribution is 2.26. The van der Waals surface area contributed by atoms with Crippen LogP contribution in [0.4, 0.5) is 5.95 Å². The van der Waals surface area contributed by atoms with Gasteiger partial charge >= 0.3 is 0 Å². The zero-order valence-corrected chi connectivity index (χ0v) is 14.9. The van der Waals surface area contributed by atoms with E-state index in [4.69, 9.17) is 4.98 Å². The third-order valence-corrected chi connectivity index (χ3v) is 5.01. The molecule has 0 bridgehead atoms. The number of anilines is 1. The maximum Gasteiger partial charge on any atom is 0.225 e. The minimum Gasteiger partial charge on any atom is -0.350 e. The number of aryl methyl sites for hydroxylation is 1. The molecular weight excluding hydrogens is 326 g/mol. The first-order valence-electron chi connectivity index (χ1n) is 9.06. The summed E-state index contributed by atoms with van der Waals surface area (Å²) in [7, 11) is 2.04. The highest BCUT2D eigenvalue weighted by atomic mass is 16.1. The monoisotopic (exact) mass is 349 g/mol. The molecule has 0 saturated carbocycles. The number of rotatable bonds is 4. The molecule has 1 unspecified atom stereocenters. The summed E-state index contributed by atoms with van der Waals surface area (Å²) < 4.78 is 2.11. The van der Waals surface area contributed by atoms with Crippen molar-refractivity contribution in [1.29, 1.82) is 0 Å². The molecule has 1 saturated heterocycles. The van der Waals surface area contributed by atoms with Gasteiger partial charge in [-0.05, 0) is 37.1 Å². The van der Waals surface area contributed by atoms with Crippen LogP contribution in [0.2, 0.25) is 0 Å². The van der Waals surface area contributed by atoms with Gasteiger partial charge in [0.1, 0.15) is 0 Å². The first-order chi connectivity index (χ1) is 12.7. The molecule has 26 heavy (non-hydrogen) atoms. The summed E-state index contributed by atoms with van der Waals surface area (Å²) in [4.78, 5) is 23.9. The highest BCUT2D eigenvalue weighted by molar-refractivity contribution is 5.81. The van der Waals surface area contributed by atoms with Gasteiger partial charge in [-0.1, -0.05) is 18.2 Å². The summed E-state index contributed by atoms with van der Waals surface area (Å²) in [6.45, 7) is 2.11. The average Bonchev–Trinajstić information content (AvgIpc) is 3.04. The number of amides is 1. The smallest absolute Gasteiger partial charge is 0.225 e. The van der Waals surface area contributed by atoms with Crippen molar-refractivity contribution in [3.63, 3.8) is 0 Å². The lowest BCUT2D eigenvalue weighted by Crippen LogP contribution is -2.43. The summed E-state index contributed by atoms with van der Waals surface area (Å²) in [5.41, 5.74) is 2.99. The van der Waals surface area contributed by atoms with Gasteiger partial charge in [-0.15, -0.1) is 0 Å². The van der Waals surface area contributed by atoms with Crippen molar-refractivity contribution in [2.75, 3.05) is 18.0 Å². The Hall–Kier alpha value is -2.89. The molecule has 0 spiro atoms. The first-order valence-corrected chi connectivity index (χ1v) is 9.06. The number of hydrogen-bond donors (Lipinski definition) is 1. The summed E-state index contributed by atoms with van der Waals surface area (Å²) in [5, 5.41) is 3.03. The molecule has 1 aliphatic rings. The zero-order valence-electron chi connectivity index (χ0n) is 14.9. The Kier molecular flexibility index (Phi) is 4.56. The van der Waals surface area contributed by atoms with Gasteiger partial charge in [0.15, 0.2) is 0 Å². The molecule has 4 rings (SSSR count). The van der Waals surface area contributed by atoms with E-state index in [0.29, 0.717) is 13.1 Å². The van der Waals surface area contributed by atoms with Crippen LogP contribution in [0.25, 0.3) is 11.0 Å². The molecule has 0 aliphatic carbocycles. The second-order valence-corrected chi connectivity index (χ2v) is 6.78. The van der Waals surface area contributed by atoms with Crippen LogP contribution in [0.15, 0.2) is 48.7 Å². The van der Waals surface area contributed by atoms with Crippen LogP contribution in [-0.4, -0.2) is 33.5 Å². The van der Waals surface area contributed by atoms with Crippen molar-refractivity contribution < 1.29 is 4.79 Å². The van der Waals surface area contributed by atoms with Gasteiger partial charge in [0, 0.05) is 26.3 Å². The molecular formula is C20H23N5O. The first kappa shape index (κ1) is 16.6. The molecule has 1 aliphatic heterocycles. The van der Waals surface area contributed by atoms with Crippen molar-refractivity contribution in [2.45, 2.75) is 19.4 Å². The number of pyridine rings is 1. The molecule has 3 aromatic rings. The zero-order chi connectivity index (χ0) is 17.9. The molecule has 6 heteroatoms. The largest absolute Gasteiger partial charge is 0.350 e. The second kappa shape index (κ2) is 7.15. The minimum atomic E-state index is -0.0210. The average molecular weight is 349 g/mol. The molecule has 2 aromatic heterocycles. The number of imidazole rings is 1. The SMILES string of the molecule is Cn1c(N2CCCC(C(=O)NCc3ccccn3)C2)nc2ccccc21. The number of piperidine rings is 1. The maximum atomic E-state index is 12.6. The van der Waals surface area contributed by atoms with Crippen molar-refractivity contribution in [3.8, 4) is 0 Å². The predicted octanol–water partition coefficient (Wildman–Crippen LogP) is 2.50. The van der Waals surface area contributed by atoms with Crippen LogP contribution < -0.4 is 10.2 Å². The van der Waals surface area contributed by atoms with Gasteiger partial charge in [-0.3, -0.25) is 9.78 Å². The van der Waals surface area contributed by atoms with E-state index in [1.807, 2.05) is 43.4 Å². The molecule has 134 valence electrons. The Balaban J connectivity index is 1.45. The number of benzene rings is 1. The van der Waals surface area contributed by atoms with Gasteiger partial charge in [-0.2, -0.15) is 0 Å². The van der Waals surface area contributed by atoms with Crippen LogP contribution in [0.3, 0.4) is 0 Å². The van der Waals surface area contributed by atoms with Gasteiger partial charge < -0.3 is 14.8 Å². The van der Waals surface area contributed by atoms with Crippen molar-refractivity contribution in [1.82, 2.24) is 19.9 Å². The third kappa shape index (κ3) is 3.27. The number of nitrogens with zero attached hydrogens (tertiary/aromatic N) is 4. The number of hydrogen-bond acceptors (Lipinski definition) is 4. The molecule has 0 radical (unpaired) electrons. The third-order valence-electron chi connectivity index (χ3n) is 5.01. The van der Waals surface area contributed by atoms with Crippen LogP contribution in [-0.2, 0) is 18.4 Å². The Morgan fingerprint density at radius 3 is 2.88 bits per heavy atom. The van der Waals surface area contributed by atoms with Crippen molar-refractivity contribution in [2.24, 2.45) is 13.0 Å². The normalized spacial score (nSPS) is 17.4. The number of nitrogens with one attached hydrogen (secondary N) is 1. The number of para-hydroxylation sites is 2. The second-order valence-electron chi connectivity index (χ2n) is 6.78. The van der Waals surface area contributed by atoms with Crippen molar-refractivity contribution >= 4 is 22.9 Å². The summed E-state index contributed by atoms with van der Waals surface area (Å²) in [5.74, 6) is 1.01. The van der Waals surface area contributed by atoms with Crippen molar-refractivity contribution in [3.05, 3.63) is 54.4 Å². The van der Waals surface area contributed by atoms with E-state index in [-0.39, 0.29) is 11.8 Å². The Bertz CT molecular complexity index is 905. The van der Waals surface area contributed by atoms with E-state index in [1.165, 1.54) is 0 Å². The molecule has 1 N–H and O–H groups in total. The fourth-order valence-electron chi connectivity index (χ4n) is 3.61. The Morgan fingerprint density at radius 2 is 2.08 bits per heavy atom. The lowest BCUT2D eigenvalue weighted by molar-refractivity contribution is -0.125. The number of fused-ring (bicyclic) bond motifs is 1. The Morgan fingerprint density at radius 1 is 1.23 bits per heavy atom. The quantitative estimate of drug-likeness (QED) is 0.786. The maximum absolute atomic E-state index is 12.6. The lowest BCUT2D eigenvalue weighted by atomic mass is 9.97. The van der Waals surface area contributed by atoms with Crippen LogP contribution >= 0.6 is 0 Å². The molecule has 1 fully saturated rings. The summed E-state index contributed by atoms with van der Waals surface area (Å²) in [6, 6.07) is 13.9. The van der Waals surface area contributed by atoms with E-state index in [1.54, 1.807) is 6.20 Å². The lowest BCUT2D eigenvalue weighted by Gasteiger charge is -2.32. The summed E-state index contributed by atoms with van der Waals surface area (Å²) >= 11 is 0. The summed E-state index contributed by atoms with van der Waals surface area (Å²) in [6.07, 6.45) is 3.65. The molecule has 1 aromatic carbocycles. The van der Waals surface area contributed by atoms with Gasteiger partial charge in [0.05, 0.1) is 29.2 Å². The molecule has 3 heterocycles. The van der Waals surface area contributed by atoms with Gasteiger partial charge in [0.25, 0.3) is 0 Å². The minimum absolute atomic E-state index is 0.0210. The molecule has 1 amide bonds. The van der Waals surface area contributed by atoms with Crippen LogP contribution in [0.5, 0.6) is 0 Å². The van der Waals surface area contributed by atoms with E-state index in [2.05, 4.69) is 25.8 Å². The Labute approximate surface area is 152 Å². The van der Waals surface area contributed by atoms with Crippen LogP contribution in [0.1, 0.15) is 18.5 Å². The number of carbonyl (C=O) groups excluding carboxylic acids is 1. The van der Waals surface area contributed by atoms with E-state index < -0.39 is 0 Å². The number of carbonyl (C=O) groups is 1. The molecule has 6 nitrogen and oxygen atoms in total. The number of aromatic nitrogens is 3. The fraction of sp³-hybridized carbons (Fsp3) is 0.350. The standard InChI is InChI=1S/C20H23N5O/c1-24-18-10-3-2-9-17(18)23-20(24)25-12-6-7-15(14-25)19(26)22-13-16-8-4-5-11-21-16/h2-5,8-11,15H,6-7,12-14H2,1H3,(H,22,26).